The Morgan fingerprint density at radius 1 is 1.25 bits per heavy atom. The maximum Gasteiger partial charge on any atom is 0.255 e. The van der Waals surface area contributed by atoms with Gasteiger partial charge in [-0.05, 0) is 42.8 Å². The molecule has 4 nitrogen and oxygen atoms in total. The summed E-state index contributed by atoms with van der Waals surface area (Å²) in [5.74, 6) is 0.307. The Kier molecular flexibility index (Phi) is 4.15. The SMILES string of the molecule is COc1ccc(C)cc1NC(=O)c1cc(N)cc(Cl)c1. The molecule has 1 amide bonds. The highest BCUT2D eigenvalue weighted by Gasteiger charge is 2.11. The number of ether oxygens (including phenoxy) is 1. The Bertz CT molecular complexity index is 636. The third-order valence-electron chi connectivity index (χ3n) is 2.79. The molecule has 0 aliphatic rings. The lowest BCUT2D eigenvalue weighted by Crippen LogP contribution is -2.13. The number of nitrogens with one attached hydrogen (secondary N) is 1. The summed E-state index contributed by atoms with van der Waals surface area (Å²) in [4.78, 5) is 12.2. The summed E-state index contributed by atoms with van der Waals surface area (Å²) in [7, 11) is 1.55. The van der Waals surface area contributed by atoms with Crippen LogP contribution < -0.4 is 15.8 Å². The number of anilines is 2. The van der Waals surface area contributed by atoms with Crippen molar-refractivity contribution in [1.82, 2.24) is 0 Å². The minimum Gasteiger partial charge on any atom is -0.495 e. The van der Waals surface area contributed by atoms with Crippen molar-refractivity contribution < 1.29 is 9.53 Å². The molecule has 0 heterocycles. The molecule has 0 unspecified atom stereocenters. The standard InChI is InChI=1S/C15H15ClN2O2/c1-9-3-4-14(20-2)13(5-9)18-15(19)10-6-11(16)8-12(17)7-10/h3-8H,17H2,1-2H3,(H,18,19). The van der Waals surface area contributed by atoms with Gasteiger partial charge in [0.25, 0.3) is 5.91 Å². The molecular weight excluding hydrogens is 276 g/mol. The Morgan fingerprint density at radius 2 is 2.00 bits per heavy atom. The molecule has 0 bridgehead atoms. The summed E-state index contributed by atoms with van der Waals surface area (Å²) < 4.78 is 5.22. The van der Waals surface area contributed by atoms with Crippen molar-refractivity contribution in [2.24, 2.45) is 0 Å². The highest BCUT2D eigenvalue weighted by Crippen LogP contribution is 2.26. The van der Waals surface area contributed by atoms with E-state index in [1.165, 1.54) is 0 Å². The second-order valence-electron chi connectivity index (χ2n) is 4.43. The van der Waals surface area contributed by atoms with E-state index in [4.69, 9.17) is 22.1 Å². The fraction of sp³-hybridized carbons (Fsp3) is 0.133. The number of benzene rings is 2. The molecule has 0 radical (unpaired) electrons. The molecule has 104 valence electrons. The fourth-order valence-corrected chi connectivity index (χ4v) is 2.10. The van der Waals surface area contributed by atoms with Crippen LogP contribution in [0.1, 0.15) is 15.9 Å². The van der Waals surface area contributed by atoms with Gasteiger partial charge in [-0.2, -0.15) is 0 Å². The number of carbonyl (C=O) groups is 1. The van der Waals surface area contributed by atoms with Crippen LogP contribution in [0, 0.1) is 6.92 Å². The topological polar surface area (TPSA) is 64.3 Å². The largest absolute Gasteiger partial charge is 0.495 e. The van der Waals surface area contributed by atoms with E-state index >= 15 is 0 Å². The van der Waals surface area contributed by atoms with Crippen molar-refractivity contribution >= 4 is 28.9 Å². The average molecular weight is 291 g/mol. The number of methoxy groups -OCH3 is 1. The summed E-state index contributed by atoms with van der Waals surface area (Å²) in [5, 5.41) is 3.22. The van der Waals surface area contributed by atoms with Gasteiger partial charge in [0.05, 0.1) is 12.8 Å². The minimum absolute atomic E-state index is 0.289. The lowest BCUT2D eigenvalue weighted by atomic mass is 10.1. The van der Waals surface area contributed by atoms with Crippen LogP contribution in [-0.4, -0.2) is 13.0 Å². The van der Waals surface area contributed by atoms with Crippen LogP contribution in [-0.2, 0) is 0 Å². The lowest BCUT2D eigenvalue weighted by molar-refractivity contribution is 0.102. The fourth-order valence-electron chi connectivity index (χ4n) is 1.86. The zero-order chi connectivity index (χ0) is 14.7. The molecule has 0 fully saturated rings. The Morgan fingerprint density at radius 3 is 2.65 bits per heavy atom. The number of rotatable bonds is 3. The first-order valence-electron chi connectivity index (χ1n) is 6.01. The number of nitrogen functional groups attached to an aromatic ring is 1. The van der Waals surface area contributed by atoms with E-state index in [2.05, 4.69) is 5.32 Å². The number of hydrogen-bond acceptors (Lipinski definition) is 3. The second kappa shape index (κ2) is 5.84. The molecule has 0 aliphatic carbocycles. The zero-order valence-corrected chi connectivity index (χ0v) is 12.0. The minimum atomic E-state index is -0.289. The van der Waals surface area contributed by atoms with Gasteiger partial charge in [-0.25, -0.2) is 0 Å². The molecule has 0 saturated heterocycles. The normalized spacial score (nSPS) is 10.2. The summed E-state index contributed by atoms with van der Waals surface area (Å²) in [6.07, 6.45) is 0. The first kappa shape index (κ1) is 14.2. The molecule has 0 aromatic heterocycles. The smallest absolute Gasteiger partial charge is 0.255 e. The highest BCUT2D eigenvalue weighted by molar-refractivity contribution is 6.31. The van der Waals surface area contributed by atoms with Gasteiger partial charge in [0.15, 0.2) is 0 Å². The number of hydrogen-bond donors (Lipinski definition) is 2. The molecular formula is C15H15ClN2O2. The molecule has 2 aromatic rings. The first-order chi connectivity index (χ1) is 9.49. The number of halogens is 1. The highest BCUT2D eigenvalue weighted by atomic mass is 35.5. The van der Waals surface area contributed by atoms with Crippen molar-refractivity contribution in [1.29, 1.82) is 0 Å². The van der Waals surface area contributed by atoms with Gasteiger partial charge in [-0.3, -0.25) is 4.79 Å². The van der Waals surface area contributed by atoms with E-state index in [1.54, 1.807) is 31.4 Å². The van der Waals surface area contributed by atoms with Crippen LogP contribution in [0.4, 0.5) is 11.4 Å². The van der Waals surface area contributed by atoms with Crippen LogP contribution in [0.25, 0.3) is 0 Å². The van der Waals surface area contributed by atoms with E-state index in [9.17, 15) is 4.79 Å². The van der Waals surface area contributed by atoms with E-state index < -0.39 is 0 Å². The quantitative estimate of drug-likeness (QED) is 0.851. The van der Waals surface area contributed by atoms with Gasteiger partial charge in [-0.1, -0.05) is 17.7 Å². The lowest BCUT2D eigenvalue weighted by Gasteiger charge is -2.11. The van der Waals surface area contributed by atoms with Crippen LogP contribution in [0.15, 0.2) is 36.4 Å². The molecule has 0 spiro atoms. The van der Waals surface area contributed by atoms with Crippen LogP contribution in [0.5, 0.6) is 5.75 Å². The zero-order valence-electron chi connectivity index (χ0n) is 11.2. The van der Waals surface area contributed by atoms with Crippen molar-refractivity contribution in [2.45, 2.75) is 6.92 Å². The maximum absolute atomic E-state index is 12.2. The molecule has 0 atom stereocenters. The number of amides is 1. The maximum atomic E-state index is 12.2. The van der Waals surface area contributed by atoms with Crippen LogP contribution >= 0.6 is 11.6 Å². The molecule has 0 saturated carbocycles. The van der Waals surface area contributed by atoms with Crippen LogP contribution in [0.3, 0.4) is 0 Å². The average Bonchev–Trinajstić information content (AvgIpc) is 2.37. The van der Waals surface area contributed by atoms with Crippen molar-refractivity contribution in [2.75, 3.05) is 18.2 Å². The summed E-state index contributed by atoms with van der Waals surface area (Å²) in [6.45, 7) is 1.94. The molecule has 0 aliphatic heterocycles. The summed E-state index contributed by atoms with van der Waals surface area (Å²) in [6, 6.07) is 10.3. The van der Waals surface area contributed by atoms with Gasteiger partial charge in [-0.15, -0.1) is 0 Å². The summed E-state index contributed by atoms with van der Waals surface area (Å²) in [5.41, 5.74) is 8.15. The van der Waals surface area contributed by atoms with Crippen molar-refractivity contribution in [3.8, 4) is 5.75 Å². The number of carbonyl (C=O) groups excluding carboxylic acids is 1. The van der Waals surface area contributed by atoms with E-state index in [0.29, 0.717) is 27.7 Å². The Labute approximate surface area is 122 Å². The second-order valence-corrected chi connectivity index (χ2v) is 4.87. The number of nitrogens with two attached hydrogens (primary N) is 1. The molecule has 5 heteroatoms. The molecule has 2 rings (SSSR count). The van der Waals surface area contributed by atoms with Crippen LogP contribution in [0.2, 0.25) is 5.02 Å². The van der Waals surface area contributed by atoms with Gasteiger partial charge < -0.3 is 15.8 Å². The van der Waals surface area contributed by atoms with Gasteiger partial charge in [0, 0.05) is 16.3 Å². The van der Waals surface area contributed by atoms with Gasteiger partial charge in [0.1, 0.15) is 5.75 Å². The monoisotopic (exact) mass is 290 g/mol. The molecule has 2 aromatic carbocycles. The number of aryl methyl sites for hydroxylation is 1. The Hall–Kier alpha value is -2.20. The summed E-state index contributed by atoms with van der Waals surface area (Å²) >= 11 is 5.90. The Balaban J connectivity index is 2.29. The van der Waals surface area contributed by atoms with E-state index in [0.717, 1.165) is 5.56 Å². The third-order valence-corrected chi connectivity index (χ3v) is 3.00. The van der Waals surface area contributed by atoms with E-state index in [-0.39, 0.29) is 5.91 Å². The van der Waals surface area contributed by atoms with Gasteiger partial charge >= 0.3 is 0 Å². The first-order valence-corrected chi connectivity index (χ1v) is 6.39. The van der Waals surface area contributed by atoms with Crippen molar-refractivity contribution in [3.05, 3.63) is 52.5 Å². The predicted molar refractivity (Wildman–Crippen MR) is 81.5 cm³/mol. The third kappa shape index (κ3) is 3.22. The predicted octanol–water partition coefficient (Wildman–Crippen LogP) is 3.49. The van der Waals surface area contributed by atoms with Crippen molar-refractivity contribution in [3.63, 3.8) is 0 Å². The van der Waals surface area contributed by atoms with E-state index in [1.807, 2.05) is 19.1 Å². The molecule has 20 heavy (non-hydrogen) atoms. The molecule has 3 N–H and O–H groups in total. The van der Waals surface area contributed by atoms with Gasteiger partial charge in [0.2, 0.25) is 0 Å².